The molecular weight excluding hydrogens is 284 g/mol. The highest BCUT2D eigenvalue weighted by Crippen LogP contribution is 2.32. The quantitative estimate of drug-likeness (QED) is 0.317. The van der Waals surface area contributed by atoms with Gasteiger partial charge in [-0.2, -0.15) is 0 Å². The van der Waals surface area contributed by atoms with Gasteiger partial charge in [-0.1, -0.05) is 66.7 Å². The fraction of sp³-hybridized carbons (Fsp3) is 0.0476. The maximum absolute atomic E-state index is 2.32. The first-order chi connectivity index (χ1) is 10.9. The molecule has 0 saturated carbocycles. The van der Waals surface area contributed by atoms with Crippen LogP contribution in [0.4, 0.5) is 0 Å². The van der Waals surface area contributed by atoms with Crippen LogP contribution in [-0.2, 0) is 5.75 Å². The average Bonchev–Trinajstić information content (AvgIpc) is 2.59. The molecule has 0 heterocycles. The molecule has 22 heavy (non-hydrogen) atoms. The third-order valence-corrected chi connectivity index (χ3v) is 5.09. The van der Waals surface area contributed by atoms with Crippen molar-refractivity contribution in [3.05, 3.63) is 90.5 Å². The van der Waals surface area contributed by atoms with Crippen molar-refractivity contribution in [1.29, 1.82) is 0 Å². The van der Waals surface area contributed by atoms with Crippen molar-refractivity contribution in [3.8, 4) is 0 Å². The summed E-state index contributed by atoms with van der Waals surface area (Å²) in [6, 6.07) is 30.4. The maximum atomic E-state index is 2.32. The van der Waals surface area contributed by atoms with Crippen LogP contribution in [-0.4, -0.2) is 0 Å². The van der Waals surface area contributed by atoms with Crippen LogP contribution >= 0.6 is 11.8 Å². The molecular formula is C21H16S. The van der Waals surface area contributed by atoms with E-state index in [0.717, 1.165) is 5.75 Å². The van der Waals surface area contributed by atoms with E-state index in [9.17, 15) is 0 Å². The summed E-state index contributed by atoms with van der Waals surface area (Å²) >= 11 is 1.91. The molecule has 1 heteroatoms. The topological polar surface area (TPSA) is 0 Å². The molecule has 0 bridgehead atoms. The summed E-state index contributed by atoms with van der Waals surface area (Å²) < 4.78 is 0. The first kappa shape index (κ1) is 13.4. The summed E-state index contributed by atoms with van der Waals surface area (Å²) in [4.78, 5) is 1.35. The molecule has 106 valence electrons. The van der Waals surface area contributed by atoms with Crippen molar-refractivity contribution in [2.24, 2.45) is 0 Å². The van der Waals surface area contributed by atoms with Crippen LogP contribution < -0.4 is 0 Å². The Bertz CT molecular complexity index is 926. The van der Waals surface area contributed by atoms with Crippen LogP contribution in [0, 0.1) is 0 Å². The monoisotopic (exact) mass is 300 g/mol. The fourth-order valence-electron chi connectivity index (χ4n) is 2.80. The summed E-state index contributed by atoms with van der Waals surface area (Å²) in [6.45, 7) is 0. The van der Waals surface area contributed by atoms with Crippen LogP contribution in [0.2, 0.25) is 0 Å². The van der Waals surface area contributed by atoms with Gasteiger partial charge in [-0.05, 0) is 45.3 Å². The van der Waals surface area contributed by atoms with Gasteiger partial charge >= 0.3 is 0 Å². The average molecular weight is 300 g/mol. The van der Waals surface area contributed by atoms with E-state index in [1.165, 1.54) is 32.0 Å². The van der Waals surface area contributed by atoms with Gasteiger partial charge in [-0.3, -0.25) is 0 Å². The van der Waals surface area contributed by atoms with Gasteiger partial charge in [0.2, 0.25) is 0 Å². The highest BCUT2D eigenvalue weighted by molar-refractivity contribution is 7.98. The number of fused-ring (bicyclic) bond motifs is 2. The first-order valence-electron chi connectivity index (χ1n) is 7.48. The highest BCUT2D eigenvalue weighted by atomic mass is 32.2. The number of benzene rings is 4. The van der Waals surface area contributed by atoms with Crippen molar-refractivity contribution in [2.45, 2.75) is 10.6 Å². The standard InChI is InChI=1S/C21H16S/c1-2-7-16(8-3-1)15-22-21-12-6-11-19-13-17-9-4-5-10-18(17)14-20(19)21/h1-14H,15H2. The van der Waals surface area contributed by atoms with E-state index in [1.54, 1.807) is 0 Å². The van der Waals surface area contributed by atoms with Gasteiger partial charge in [0, 0.05) is 10.6 Å². The molecule has 4 aromatic carbocycles. The molecule has 0 fully saturated rings. The third kappa shape index (κ3) is 2.60. The van der Waals surface area contributed by atoms with E-state index in [-0.39, 0.29) is 0 Å². The molecule has 0 radical (unpaired) electrons. The van der Waals surface area contributed by atoms with E-state index in [2.05, 4.69) is 84.9 Å². The molecule has 0 aliphatic rings. The van der Waals surface area contributed by atoms with Gasteiger partial charge in [0.25, 0.3) is 0 Å². The van der Waals surface area contributed by atoms with Crippen molar-refractivity contribution < 1.29 is 0 Å². The Morgan fingerprint density at radius 2 is 1.27 bits per heavy atom. The molecule has 0 nitrogen and oxygen atoms in total. The second-order valence-electron chi connectivity index (χ2n) is 5.45. The lowest BCUT2D eigenvalue weighted by molar-refractivity contribution is 1.40. The fourth-order valence-corrected chi connectivity index (χ4v) is 3.82. The molecule has 0 aliphatic carbocycles. The van der Waals surface area contributed by atoms with E-state index in [0.29, 0.717) is 0 Å². The Morgan fingerprint density at radius 1 is 0.591 bits per heavy atom. The van der Waals surface area contributed by atoms with Crippen LogP contribution in [0.25, 0.3) is 21.5 Å². The Morgan fingerprint density at radius 3 is 2.09 bits per heavy atom. The summed E-state index contributed by atoms with van der Waals surface area (Å²) in [5.41, 5.74) is 1.37. The van der Waals surface area contributed by atoms with E-state index >= 15 is 0 Å². The maximum Gasteiger partial charge on any atom is 0.0232 e. The van der Waals surface area contributed by atoms with Crippen molar-refractivity contribution in [1.82, 2.24) is 0 Å². The number of rotatable bonds is 3. The lowest BCUT2D eigenvalue weighted by Crippen LogP contribution is -1.82. The first-order valence-corrected chi connectivity index (χ1v) is 8.47. The van der Waals surface area contributed by atoms with E-state index in [1.807, 2.05) is 11.8 Å². The van der Waals surface area contributed by atoms with Crippen molar-refractivity contribution >= 4 is 33.3 Å². The third-order valence-electron chi connectivity index (χ3n) is 3.94. The van der Waals surface area contributed by atoms with Crippen LogP contribution in [0.5, 0.6) is 0 Å². The molecule has 4 aromatic rings. The number of thioether (sulfide) groups is 1. The summed E-state index contributed by atoms with van der Waals surface area (Å²) in [7, 11) is 0. The molecule has 0 aliphatic heterocycles. The highest BCUT2D eigenvalue weighted by Gasteiger charge is 2.04. The van der Waals surface area contributed by atoms with Crippen LogP contribution in [0.15, 0.2) is 89.8 Å². The summed E-state index contributed by atoms with van der Waals surface area (Å²) in [5, 5.41) is 5.28. The summed E-state index contributed by atoms with van der Waals surface area (Å²) in [5.74, 6) is 1.01. The molecule has 0 atom stereocenters. The van der Waals surface area contributed by atoms with Gasteiger partial charge < -0.3 is 0 Å². The number of hydrogen-bond donors (Lipinski definition) is 0. The Balaban J connectivity index is 1.75. The van der Waals surface area contributed by atoms with E-state index < -0.39 is 0 Å². The second-order valence-corrected chi connectivity index (χ2v) is 6.47. The zero-order valence-corrected chi connectivity index (χ0v) is 13.0. The normalized spacial score (nSPS) is 11.1. The SMILES string of the molecule is c1ccc(CSc2cccc3cc4ccccc4cc23)cc1. The van der Waals surface area contributed by atoms with E-state index in [4.69, 9.17) is 0 Å². The van der Waals surface area contributed by atoms with Gasteiger partial charge in [0.1, 0.15) is 0 Å². The van der Waals surface area contributed by atoms with Crippen molar-refractivity contribution in [2.75, 3.05) is 0 Å². The minimum Gasteiger partial charge on any atom is -0.121 e. The van der Waals surface area contributed by atoms with Crippen molar-refractivity contribution in [3.63, 3.8) is 0 Å². The molecule has 4 rings (SSSR count). The Hall–Kier alpha value is -2.25. The zero-order chi connectivity index (χ0) is 14.8. The minimum absolute atomic E-state index is 1.01. The predicted molar refractivity (Wildman–Crippen MR) is 97.5 cm³/mol. The zero-order valence-electron chi connectivity index (χ0n) is 12.2. The van der Waals surface area contributed by atoms with Gasteiger partial charge in [-0.25, -0.2) is 0 Å². The Kier molecular flexibility index (Phi) is 3.57. The van der Waals surface area contributed by atoms with Crippen LogP contribution in [0.1, 0.15) is 5.56 Å². The largest absolute Gasteiger partial charge is 0.121 e. The molecule has 0 spiro atoms. The predicted octanol–water partition coefficient (Wildman–Crippen LogP) is 6.29. The smallest absolute Gasteiger partial charge is 0.0232 e. The molecule has 0 amide bonds. The molecule has 0 unspecified atom stereocenters. The van der Waals surface area contributed by atoms with Gasteiger partial charge in [-0.15, -0.1) is 11.8 Å². The molecule has 0 N–H and O–H groups in total. The summed E-state index contributed by atoms with van der Waals surface area (Å²) in [6.07, 6.45) is 0. The Labute approximate surface area is 134 Å². The van der Waals surface area contributed by atoms with Gasteiger partial charge in [0.15, 0.2) is 0 Å². The van der Waals surface area contributed by atoms with Gasteiger partial charge in [0.05, 0.1) is 0 Å². The van der Waals surface area contributed by atoms with Crippen LogP contribution in [0.3, 0.4) is 0 Å². The lowest BCUT2D eigenvalue weighted by Gasteiger charge is -2.08. The molecule has 0 saturated heterocycles. The lowest BCUT2D eigenvalue weighted by atomic mass is 10.0. The molecule has 0 aromatic heterocycles. The number of hydrogen-bond acceptors (Lipinski definition) is 1. The second kappa shape index (κ2) is 5.86. The minimum atomic E-state index is 1.01.